The predicted octanol–water partition coefficient (Wildman–Crippen LogP) is 4.47. The quantitative estimate of drug-likeness (QED) is 0.435. The highest BCUT2D eigenvalue weighted by Crippen LogP contribution is 2.25. The van der Waals surface area contributed by atoms with Gasteiger partial charge in [0.2, 0.25) is 0 Å². The Balaban J connectivity index is 1.43. The highest BCUT2D eigenvalue weighted by Gasteiger charge is 2.16. The van der Waals surface area contributed by atoms with Crippen molar-refractivity contribution in [1.82, 2.24) is 20.2 Å². The minimum atomic E-state index is -0.238. The van der Waals surface area contributed by atoms with Gasteiger partial charge in [0, 0.05) is 11.3 Å². The second-order valence-corrected chi connectivity index (χ2v) is 6.27. The summed E-state index contributed by atoms with van der Waals surface area (Å²) in [7, 11) is 0. The zero-order valence-corrected chi connectivity index (χ0v) is 14.6. The minimum Gasteiger partial charge on any atom is -0.461 e. The smallest absolute Gasteiger partial charge is 0.259 e. The first-order valence-corrected chi connectivity index (χ1v) is 8.72. The molecule has 0 saturated heterocycles. The van der Waals surface area contributed by atoms with E-state index in [1.54, 1.807) is 6.26 Å². The van der Waals surface area contributed by atoms with Crippen LogP contribution in [0.25, 0.3) is 33.9 Å². The topological polar surface area (TPSA) is 99.6 Å². The molecule has 0 aliphatic heterocycles. The molecule has 0 atom stereocenters. The number of hydrogen-bond donors (Lipinski definition) is 3. The largest absolute Gasteiger partial charge is 0.461 e. The Morgan fingerprint density at radius 1 is 1.04 bits per heavy atom. The van der Waals surface area contributed by atoms with Crippen LogP contribution in [-0.2, 0) is 0 Å². The zero-order valence-electron chi connectivity index (χ0n) is 14.6. The molecule has 28 heavy (non-hydrogen) atoms. The van der Waals surface area contributed by atoms with E-state index >= 15 is 0 Å². The van der Waals surface area contributed by atoms with Crippen LogP contribution in [-0.4, -0.2) is 26.1 Å². The fourth-order valence-corrected chi connectivity index (χ4v) is 3.10. The molecule has 7 nitrogen and oxygen atoms in total. The summed E-state index contributed by atoms with van der Waals surface area (Å²) in [4.78, 5) is 20.5. The Kier molecular flexibility index (Phi) is 3.76. The number of aromatic amines is 2. The Hall–Kier alpha value is -4.13. The van der Waals surface area contributed by atoms with Gasteiger partial charge in [0.05, 0.1) is 34.8 Å². The first-order chi connectivity index (χ1) is 13.8. The van der Waals surface area contributed by atoms with E-state index in [4.69, 9.17) is 4.42 Å². The lowest BCUT2D eigenvalue weighted by molar-refractivity contribution is 0.102. The number of amides is 1. The fraction of sp³-hybridized carbons (Fsp3) is 0. The molecule has 136 valence electrons. The van der Waals surface area contributed by atoms with Gasteiger partial charge >= 0.3 is 0 Å². The Morgan fingerprint density at radius 2 is 1.93 bits per heavy atom. The molecule has 7 heteroatoms. The van der Waals surface area contributed by atoms with Gasteiger partial charge in [-0.1, -0.05) is 30.3 Å². The van der Waals surface area contributed by atoms with E-state index in [1.807, 2.05) is 60.7 Å². The summed E-state index contributed by atoms with van der Waals surface area (Å²) in [6, 6.07) is 18.8. The molecule has 3 aromatic heterocycles. The molecule has 0 spiro atoms. The number of carbonyl (C=O) groups is 1. The summed E-state index contributed by atoms with van der Waals surface area (Å²) in [5, 5.41) is 9.85. The van der Waals surface area contributed by atoms with Gasteiger partial charge in [0.25, 0.3) is 5.91 Å². The second kappa shape index (κ2) is 6.55. The number of H-pyrrole nitrogens is 2. The molecule has 3 heterocycles. The average Bonchev–Trinajstić information content (AvgIpc) is 3.47. The molecule has 0 aliphatic carbocycles. The van der Waals surface area contributed by atoms with Crippen LogP contribution >= 0.6 is 0 Å². The number of aromatic nitrogens is 4. The highest BCUT2D eigenvalue weighted by atomic mass is 16.3. The van der Waals surface area contributed by atoms with Crippen LogP contribution in [0.1, 0.15) is 10.4 Å². The Labute approximate surface area is 159 Å². The van der Waals surface area contributed by atoms with E-state index in [1.165, 1.54) is 6.20 Å². The summed E-state index contributed by atoms with van der Waals surface area (Å²) in [5.41, 5.74) is 4.31. The molecule has 0 aliphatic rings. The molecule has 1 amide bonds. The number of hydrogen-bond acceptors (Lipinski definition) is 4. The fourth-order valence-electron chi connectivity index (χ4n) is 3.10. The van der Waals surface area contributed by atoms with E-state index < -0.39 is 0 Å². The van der Waals surface area contributed by atoms with Crippen LogP contribution in [0.5, 0.6) is 0 Å². The molecule has 0 radical (unpaired) electrons. The van der Waals surface area contributed by atoms with Crippen molar-refractivity contribution in [3.8, 4) is 22.8 Å². The van der Waals surface area contributed by atoms with Gasteiger partial charge < -0.3 is 14.7 Å². The van der Waals surface area contributed by atoms with Crippen molar-refractivity contribution >= 4 is 22.6 Å². The number of carbonyl (C=O) groups excluding carboxylic acids is 1. The number of rotatable bonds is 4. The van der Waals surface area contributed by atoms with E-state index in [0.717, 1.165) is 16.6 Å². The lowest BCUT2D eigenvalue weighted by atomic mass is 10.1. The van der Waals surface area contributed by atoms with Gasteiger partial charge in [0.1, 0.15) is 0 Å². The third kappa shape index (κ3) is 2.84. The molecule has 0 bridgehead atoms. The van der Waals surface area contributed by atoms with Gasteiger partial charge in [-0.05, 0) is 30.3 Å². The van der Waals surface area contributed by atoms with Crippen molar-refractivity contribution < 1.29 is 9.21 Å². The summed E-state index contributed by atoms with van der Waals surface area (Å²) in [5.74, 6) is 1.06. The molecule has 5 aromatic rings. The normalized spacial score (nSPS) is 11.0. The molecular weight excluding hydrogens is 354 g/mol. The van der Waals surface area contributed by atoms with Crippen molar-refractivity contribution in [3.63, 3.8) is 0 Å². The molecule has 3 N–H and O–H groups in total. The minimum absolute atomic E-state index is 0.238. The van der Waals surface area contributed by atoms with E-state index in [2.05, 4.69) is 25.5 Å². The number of nitrogens with one attached hydrogen (secondary N) is 3. The third-order valence-electron chi connectivity index (χ3n) is 4.44. The number of nitrogens with zero attached hydrogens (tertiary/aromatic N) is 2. The Morgan fingerprint density at radius 3 is 2.75 bits per heavy atom. The summed E-state index contributed by atoms with van der Waals surface area (Å²) < 4.78 is 5.37. The maximum Gasteiger partial charge on any atom is 0.259 e. The van der Waals surface area contributed by atoms with Crippen molar-refractivity contribution in [3.05, 3.63) is 78.7 Å². The van der Waals surface area contributed by atoms with Crippen LogP contribution in [0, 0.1) is 0 Å². The van der Waals surface area contributed by atoms with Crippen LogP contribution in [0.3, 0.4) is 0 Å². The number of fused-ring (bicyclic) bond motifs is 1. The van der Waals surface area contributed by atoms with Crippen LogP contribution in [0.2, 0.25) is 0 Å². The molecule has 2 aromatic carbocycles. The molecule has 0 unspecified atom stereocenters. The summed E-state index contributed by atoms with van der Waals surface area (Å²) >= 11 is 0. The predicted molar refractivity (Wildman–Crippen MR) is 106 cm³/mol. The molecule has 0 fully saturated rings. The number of imidazole rings is 1. The third-order valence-corrected chi connectivity index (χ3v) is 4.44. The van der Waals surface area contributed by atoms with Crippen LogP contribution < -0.4 is 5.32 Å². The van der Waals surface area contributed by atoms with Crippen molar-refractivity contribution in [2.24, 2.45) is 0 Å². The van der Waals surface area contributed by atoms with Gasteiger partial charge in [0.15, 0.2) is 11.6 Å². The van der Waals surface area contributed by atoms with Crippen molar-refractivity contribution in [2.45, 2.75) is 0 Å². The van der Waals surface area contributed by atoms with Crippen molar-refractivity contribution in [2.75, 3.05) is 5.32 Å². The summed E-state index contributed by atoms with van der Waals surface area (Å²) in [6.07, 6.45) is 3.13. The molecular formula is C21H15N5O2. The van der Waals surface area contributed by atoms with Gasteiger partial charge in [-0.25, -0.2) is 4.98 Å². The second-order valence-electron chi connectivity index (χ2n) is 6.27. The van der Waals surface area contributed by atoms with Crippen LogP contribution in [0.4, 0.5) is 5.69 Å². The first-order valence-electron chi connectivity index (χ1n) is 8.72. The lowest BCUT2D eigenvalue weighted by Gasteiger charge is -2.06. The van der Waals surface area contributed by atoms with Gasteiger partial charge in [-0.2, -0.15) is 5.10 Å². The van der Waals surface area contributed by atoms with E-state index in [0.29, 0.717) is 28.5 Å². The van der Waals surface area contributed by atoms with Gasteiger partial charge in [-0.15, -0.1) is 0 Å². The summed E-state index contributed by atoms with van der Waals surface area (Å²) in [6.45, 7) is 0. The Bertz CT molecular complexity index is 1250. The van der Waals surface area contributed by atoms with E-state index in [9.17, 15) is 4.79 Å². The van der Waals surface area contributed by atoms with Gasteiger partial charge in [-0.3, -0.25) is 9.89 Å². The maximum absolute atomic E-state index is 12.8. The zero-order chi connectivity index (χ0) is 18.9. The SMILES string of the molecule is O=C(Nc1ccc2nc(-c3ccco3)[nH]c2c1)c1cn[nH]c1-c1ccccc1. The average molecular weight is 369 g/mol. The standard InChI is InChI=1S/C21H15N5O2/c27-21(15-12-22-26-19(15)13-5-2-1-3-6-13)23-14-8-9-16-17(11-14)25-20(24-16)18-7-4-10-28-18/h1-12H,(H,22,26)(H,23,27)(H,24,25). The van der Waals surface area contributed by atoms with Crippen molar-refractivity contribution in [1.29, 1.82) is 0 Å². The monoisotopic (exact) mass is 369 g/mol. The number of furan rings is 1. The molecule has 0 saturated carbocycles. The lowest BCUT2D eigenvalue weighted by Crippen LogP contribution is -2.12. The number of anilines is 1. The maximum atomic E-state index is 12.8. The number of benzene rings is 2. The van der Waals surface area contributed by atoms with Crippen LogP contribution in [0.15, 0.2) is 77.5 Å². The first kappa shape index (κ1) is 16.1. The molecule has 5 rings (SSSR count). The highest BCUT2D eigenvalue weighted by molar-refractivity contribution is 6.08. The van der Waals surface area contributed by atoms with E-state index in [-0.39, 0.29) is 5.91 Å².